The molecule has 0 spiro atoms. The summed E-state index contributed by atoms with van der Waals surface area (Å²) in [5.41, 5.74) is 5.91. The zero-order valence-corrected chi connectivity index (χ0v) is 9.64. The molecule has 0 aliphatic carbocycles. The normalized spacial score (nSPS) is 10.6. The van der Waals surface area contributed by atoms with Crippen molar-refractivity contribution in [2.75, 3.05) is 5.73 Å². The summed E-state index contributed by atoms with van der Waals surface area (Å²) >= 11 is 8.69. The third-order valence-electron chi connectivity index (χ3n) is 1.83. The molecule has 3 nitrogen and oxygen atoms in total. The van der Waals surface area contributed by atoms with Gasteiger partial charge in [-0.25, -0.2) is 4.39 Å². The van der Waals surface area contributed by atoms with Crippen LogP contribution in [0.3, 0.4) is 0 Å². The molecule has 15 heavy (non-hydrogen) atoms. The zero-order chi connectivity index (χ0) is 11.0. The van der Waals surface area contributed by atoms with Gasteiger partial charge in [0.05, 0.1) is 9.50 Å². The summed E-state index contributed by atoms with van der Waals surface area (Å²) in [7, 11) is 0. The van der Waals surface area contributed by atoms with E-state index < -0.39 is 5.82 Å². The summed E-state index contributed by atoms with van der Waals surface area (Å²) in [6.45, 7) is 0. The van der Waals surface area contributed by atoms with Crippen molar-refractivity contribution in [1.29, 1.82) is 0 Å². The molecule has 2 aromatic rings. The van der Waals surface area contributed by atoms with Crippen LogP contribution in [0.2, 0.25) is 5.02 Å². The van der Waals surface area contributed by atoms with Crippen LogP contribution in [-0.2, 0) is 0 Å². The standard InChI is InChI=1S/C9H5BrClFN2O/c10-8-4(1-2-5(11)9(8)12)6-3-7(13)14-15-6/h1-3H,(H2,13,14). The molecule has 0 radical (unpaired) electrons. The maximum absolute atomic E-state index is 13.4. The topological polar surface area (TPSA) is 52.0 Å². The lowest BCUT2D eigenvalue weighted by Gasteiger charge is -2.02. The lowest BCUT2D eigenvalue weighted by Crippen LogP contribution is -1.84. The summed E-state index contributed by atoms with van der Waals surface area (Å²) in [5, 5.41) is 3.55. The number of nitrogen functional groups attached to an aromatic ring is 1. The number of benzene rings is 1. The van der Waals surface area contributed by atoms with Gasteiger partial charge in [-0.15, -0.1) is 0 Å². The highest BCUT2D eigenvalue weighted by Gasteiger charge is 2.14. The van der Waals surface area contributed by atoms with Gasteiger partial charge in [-0.2, -0.15) is 0 Å². The van der Waals surface area contributed by atoms with E-state index in [2.05, 4.69) is 21.1 Å². The van der Waals surface area contributed by atoms with Gasteiger partial charge in [0.1, 0.15) is 0 Å². The van der Waals surface area contributed by atoms with Gasteiger partial charge in [0.2, 0.25) is 0 Å². The second-order valence-corrected chi connectivity index (χ2v) is 4.04. The number of halogens is 3. The Balaban J connectivity index is 2.59. The van der Waals surface area contributed by atoms with Gasteiger partial charge < -0.3 is 10.3 Å². The Labute approximate surface area is 98.1 Å². The molecule has 2 rings (SSSR count). The van der Waals surface area contributed by atoms with E-state index >= 15 is 0 Å². The predicted molar refractivity (Wildman–Crippen MR) is 59.0 cm³/mol. The number of hydrogen-bond donors (Lipinski definition) is 1. The molecular weight excluding hydrogens is 286 g/mol. The maximum atomic E-state index is 13.4. The third kappa shape index (κ3) is 1.85. The van der Waals surface area contributed by atoms with E-state index in [1.807, 2.05) is 0 Å². The Hall–Kier alpha value is -1.07. The van der Waals surface area contributed by atoms with E-state index in [1.165, 1.54) is 12.1 Å². The van der Waals surface area contributed by atoms with Crippen molar-refractivity contribution in [3.63, 3.8) is 0 Å². The van der Waals surface area contributed by atoms with E-state index in [4.69, 9.17) is 21.9 Å². The van der Waals surface area contributed by atoms with Crippen LogP contribution < -0.4 is 5.73 Å². The number of anilines is 1. The Morgan fingerprint density at radius 1 is 1.47 bits per heavy atom. The minimum atomic E-state index is -0.538. The van der Waals surface area contributed by atoms with E-state index in [9.17, 15) is 4.39 Å². The van der Waals surface area contributed by atoms with Gasteiger partial charge in [0.25, 0.3) is 0 Å². The second kappa shape index (κ2) is 3.83. The number of nitrogens with zero attached hydrogens (tertiary/aromatic N) is 1. The Bertz CT molecular complexity index is 515. The number of aromatic nitrogens is 1. The summed E-state index contributed by atoms with van der Waals surface area (Å²) < 4.78 is 18.6. The molecule has 0 bridgehead atoms. The monoisotopic (exact) mass is 290 g/mol. The SMILES string of the molecule is Nc1cc(-c2ccc(Cl)c(F)c2Br)on1. The van der Waals surface area contributed by atoms with Crippen molar-refractivity contribution in [3.05, 3.63) is 33.5 Å². The summed E-state index contributed by atoms with van der Waals surface area (Å²) in [4.78, 5) is 0. The molecule has 1 aromatic carbocycles. The van der Waals surface area contributed by atoms with Crippen LogP contribution in [0.25, 0.3) is 11.3 Å². The molecule has 0 fully saturated rings. The maximum Gasteiger partial charge on any atom is 0.170 e. The molecule has 0 saturated heterocycles. The Morgan fingerprint density at radius 3 is 2.80 bits per heavy atom. The molecule has 1 aromatic heterocycles. The molecule has 2 N–H and O–H groups in total. The van der Waals surface area contributed by atoms with Crippen LogP contribution in [0.5, 0.6) is 0 Å². The van der Waals surface area contributed by atoms with Crippen molar-refractivity contribution in [1.82, 2.24) is 5.16 Å². The molecule has 0 aliphatic heterocycles. The average Bonchev–Trinajstić information content (AvgIpc) is 2.61. The first kappa shape index (κ1) is 10.4. The first-order chi connectivity index (χ1) is 7.09. The molecular formula is C9H5BrClFN2O. The van der Waals surface area contributed by atoms with Crippen molar-refractivity contribution in [2.24, 2.45) is 0 Å². The molecule has 6 heteroatoms. The van der Waals surface area contributed by atoms with Gasteiger partial charge in [0, 0.05) is 11.6 Å². The first-order valence-corrected chi connectivity index (χ1v) is 5.12. The van der Waals surface area contributed by atoms with E-state index in [0.717, 1.165) is 0 Å². The highest BCUT2D eigenvalue weighted by atomic mass is 79.9. The zero-order valence-electron chi connectivity index (χ0n) is 7.30. The van der Waals surface area contributed by atoms with Crippen LogP contribution in [0, 0.1) is 5.82 Å². The predicted octanol–water partition coefficient (Wildman–Crippen LogP) is 3.48. The van der Waals surface area contributed by atoms with Crippen molar-refractivity contribution in [2.45, 2.75) is 0 Å². The minimum absolute atomic E-state index is 0.0399. The first-order valence-electron chi connectivity index (χ1n) is 3.95. The summed E-state index contributed by atoms with van der Waals surface area (Å²) in [5.74, 6) is 0.0892. The fraction of sp³-hybridized carbons (Fsp3) is 0. The molecule has 0 saturated carbocycles. The molecule has 0 atom stereocenters. The number of rotatable bonds is 1. The van der Waals surface area contributed by atoms with E-state index in [1.54, 1.807) is 6.07 Å². The quantitative estimate of drug-likeness (QED) is 0.818. The highest BCUT2D eigenvalue weighted by molar-refractivity contribution is 9.10. The fourth-order valence-electron chi connectivity index (χ4n) is 1.13. The van der Waals surface area contributed by atoms with Gasteiger partial charge in [-0.3, -0.25) is 0 Å². The smallest absolute Gasteiger partial charge is 0.170 e. The molecule has 0 amide bonds. The second-order valence-electron chi connectivity index (χ2n) is 2.84. The van der Waals surface area contributed by atoms with Gasteiger partial charge >= 0.3 is 0 Å². The van der Waals surface area contributed by atoms with Gasteiger partial charge in [0.15, 0.2) is 17.4 Å². The molecule has 0 aliphatic rings. The van der Waals surface area contributed by atoms with Crippen LogP contribution in [-0.4, -0.2) is 5.16 Å². The van der Waals surface area contributed by atoms with E-state index in [-0.39, 0.29) is 15.3 Å². The summed E-state index contributed by atoms with van der Waals surface area (Å²) in [6, 6.07) is 4.57. The largest absolute Gasteiger partial charge is 0.381 e. The fourth-order valence-corrected chi connectivity index (χ4v) is 1.94. The van der Waals surface area contributed by atoms with Crippen LogP contribution in [0.1, 0.15) is 0 Å². The van der Waals surface area contributed by atoms with Gasteiger partial charge in [-0.1, -0.05) is 16.8 Å². The van der Waals surface area contributed by atoms with Crippen LogP contribution in [0.4, 0.5) is 10.2 Å². The van der Waals surface area contributed by atoms with E-state index in [0.29, 0.717) is 11.3 Å². The Kier molecular flexibility index (Phi) is 2.67. The highest BCUT2D eigenvalue weighted by Crippen LogP contribution is 2.34. The lowest BCUT2D eigenvalue weighted by molar-refractivity contribution is 0.435. The average molecular weight is 292 g/mol. The molecule has 78 valence electrons. The van der Waals surface area contributed by atoms with Gasteiger partial charge in [-0.05, 0) is 28.1 Å². The van der Waals surface area contributed by atoms with Crippen molar-refractivity contribution < 1.29 is 8.91 Å². The lowest BCUT2D eigenvalue weighted by atomic mass is 10.2. The van der Waals surface area contributed by atoms with Crippen LogP contribution in [0.15, 0.2) is 27.2 Å². The van der Waals surface area contributed by atoms with Crippen molar-refractivity contribution in [3.8, 4) is 11.3 Å². The Morgan fingerprint density at radius 2 is 2.20 bits per heavy atom. The summed E-state index contributed by atoms with van der Waals surface area (Å²) in [6.07, 6.45) is 0. The molecule has 1 heterocycles. The number of nitrogens with two attached hydrogens (primary N) is 1. The minimum Gasteiger partial charge on any atom is -0.381 e. The van der Waals surface area contributed by atoms with Crippen LogP contribution >= 0.6 is 27.5 Å². The third-order valence-corrected chi connectivity index (χ3v) is 2.90. The number of hydrogen-bond acceptors (Lipinski definition) is 3. The van der Waals surface area contributed by atoms with Crippen molar-refractivity contribution >= 4 is 33.3 Å². The molecule has 0 unspecified atom stereocenters.